The molecule has 2 atom stereocenters. The molecule has 4 rings (SSSR count). The SMILES string of the molecule is CCN1CCC[C@]1(C)C(=O)[N-]c1ccc(Cl)cc1C(=N[C@@H](CC(=O)O)Cc1cccs1)c1ccccc1.[Ni]. The second-order valence-electron chi connectivity index (χ2n) is 9.41. The van der Waals surface area contributed by atoms with E-state index in [0.29, 0.717) is 28.4 Å². The van der Waals surface area contributed by atoms with Crippen LogP contribution in [-0.2, 0) is 32.5 Å². The van der Waals surface area contributed by atoms with Gasteiger partial charge in [-0.2, -0.15) is 0 Å². The third-order valence-electron chi connectivity index (χ3n) is 6.85. The minimum atomic E-state index is -0.919. The van der Waals surface area contributed by atoms with E-state index in [1.165, 1.54) is 0 Å². The smallest absolute Gasteiger partial charge is 0.305 e. The Hall–Kier alpha value is -2.51. The standard InChI is InChI=1S/C29H32ClN3O3S.Ni/c1-3-33-15-8-14-29(33,2)28(36)32-25-13-12-21(30)17-24(25)27(20-9-5-4-6-10-20)31-22(19-26(34)35)18-23-11-7-16-37-23;/h4-7,9-13,16-17,22H,3,8,14-15,18-19H2,1-2H3,(H2,31,32,34,35,36);/p-1/t22-,29-;/m1./s1. The van der Waals surface area contributed by atoms with Gasteiger partial charge in [-0.1, -0.05) is 61.0 Å². The zero-order valence-electron chi connectivity index (χ0n) is 21.4. The van der Waals surface area contributed by atoms with Crippen LogP contribution >= 0.6 is 22.9 Å². The number of carboxylic acids is 1. The number of rotatable bonds is 10. The Balaban J connectivity index is 0.00000400. The van der Waals surface area contributed by atoms with Crippen LogP contribution in [0.25, 0.3) is 5.32 Å². The first-order chi connectivity index (χ1) is 17.8. The van der Waals surface area contributed by atoms with Gasteiger partial charge in [0.2, 0.25) is 0 Å². The molecule has 0 bridgehead atoms. The predicted molar refractivity (Wildman–Crippen MR) is 151 cm³/mol. The van der Waals surface area contributed by atoms with Gasteiger partial charge in [0.25, 0.3) is 0 Å². The summed E-state index contributed by atoms with van der Waals surface area (Å²) in [6.07, 6.45) is 2.09. The average molecular weight is 596 g/mol. The quantitative estimate of drug-likeness (QED) is 0.208. The molecule has 1 saturated heterocycles. The number of amides is 1. The van der Waals surface area contributed by atoms with Crippen molar-refractivity contribution in [1.82, 2.24) is 4.90 Å². The van der Waals surface area contributed by atoms with Crippen molar-refractivity contribution in [2.75, 3.05) is 13.1 Å². The maximum atomic E-state index is 13.5. The molecule has 2 aromatic carbocycles. The van der Waals surface area contributed by atoms with Crippen LogP contribution in [0.3, 0.4) is 0 Å². The minimum Gasteiger partial charge on any atom is -0.625 e. The summed E-state index contributed by atoms with van der Waals surface area (Å²) >= 11 is 8.01. The normalized spacial score (nSPS) is 18.6. The molecule has 38 heavy (non-hydrogen) atoms. The zero-order valence-corrected chi connectivity index (χ0v) is 23.9. The van der Waals surface area contributed by atoms with Gasteiger partial charge in [0.15, 0.2) is 0 Å². The average Bonchev–Trinajstić information content (AvgIpc) is 3.53. The van der Waals surface area contributed by atoms with Crippen molar-refractivity contribution in [1.29, 1.82) is 0 Å². The molecule has 1 aliphatic rings. The van der Waals surface area contributed by atoms with Crippen molar-refractivity contribution in [3.63, 3.8) is 0 Å². The van der Waals surface area contributed by atoms with Gasteiger partial charge in [0.05, 0.1) is 29.6 Å². The summed E-state index contributed by atoms with van der Waals surface area (Å²) in [7, 11) is 0. The van der Waals surface area contributed by atoms with E-state index in [1.807, 2.05) is 54.8 Å². The predicted octanol–water partition coefficient (Wildman–Crippen LogP) is 6.73. The molecule has 0 unspecified atom stereocenters. The third-order valence-corrected chi connectivity index (χ3v) is 7.99. The summed E-state index contributed by atoms with van der Waals surface area (Å²) in [5.41, 5.74) is 1.81. The summed E-state index contributed by atoms with van der Waals surface area (Å²) in [5, 5.41) is 16.7. The molecule has 0 radical (unpaired) electrons. The van der Waals surface area contributed by atoms with Gasteiger partial charge in [-0.3, -0.25) is 14.7 Å². The third kappa shape index (κ3) is 7.12. The van der Waals surface area contributed by atoms with Crippen molar-refractivity contribution in [3.05, 3.63) is 92.4 Å². The fourth-order valence-corrected chi connectivity index (χ4v) is 5.85. The van der Waals surface area contributed by atoms with Crippen molar-refractivity contribution in [2.45, 2.75) is 51.1 Å². The fraction of sp³-hybridized carbons (Fsp3) is 0.345. The van der Waals surface area contributed by atoms with Crippen molar-refractivity contribution < 1.29 is 31.2 Å². The van der Waals surface area contributed by atoms with E-state index in [9.17, 15) is 14.7 Å². The number of carbonyl (C=O) groups is 2. The van der Waals surface area contributed by atoms with E-state index in [1.54, 1.807) is 29.5 Å². The molecular formula is C29H31ClN3NiO3S-. The molecule has 2 heterocycles. The fourth-order valence-electron chi connectivity index (χ4n) is 4.90. The summed E-state index contributed by atoms with van der Waals surface area (Å²) in [6.45, 7) is 5.67. The van der Waals surface area contributed by atoms with Crippen molar-refractivity contribution in [3.8, 4) is 0 Å². The summed E-state index contributed by atoms with van der Waals surface area (Å²) in [4.78, 5) is 33.5. The maximum Gasteiger partial charge on any atom is 0.305 e. The van der Waals surface area contributed by atoms with E-state index in [0.717, 1.165) is 36.4 Å². The Labute approximate surface area is 243 Å². The number of hydrogen-bond acceptors (Lipinski definition) is 5. The van der Waals surface area contributed by atoms with Gasteiger partial charge in [-0.15, -0.1) is 17.0 Å². The number of aliphatic carboxylic acids is 1. The zero-order chi connectivity index (χ0) is 26.4. The second-order valence-corrected chi connectivity index (χ2v) is 10.9. The second kappa shape index (κ2) is 13.5. The Bertz CT molecular complexity index is 1270. The number of nitrogens with zero attached hydrogens (tertiary/aromatic N) is 3. The van der Waals surface area contributed by atoms with Crippen LogP contribution in [0, 0.1) is 0 Å². The van der Waals surface area contributed by atoms with E-state index in [4.69, 9.17) is 16.6 Å². The number of thiophene rings is 1. The Morgan fingerprint density at radius 2 is 1.95 bits per heavy atom. The molecule has 1 aromatic heterocycles. The van der Waals surface area contributed by atoms with Gasteiger partial charge in [-0.25, -0.2) is 0 Å². The number of hydrogen-bond donors (Lipinski definition) is 1. The van der Waals surface area contributed by atoms with Crippen LogP contribution in [-0.4, -0.2) is 52.3 Å². The molecule has 9 heteroatoms. The van der Waals surface area contributed by atoms with Crippen LogP contribution in [0.15, 0.2) is 71.0 Å². The van der Waals surface area contributed by atoms with Gasteiger partial charge in [0.1, 0.15) is 0 Å². The molecule has 0 saturated carbocycles. The van der Waals surface area contributed by atoms with Crippen LogP contribution in [0.2, 0.25) is 5.02 Å². The number of carboxylic acid groups (broad SMARTS) is 1. The molecule has 0 spiro atoms. The summed E-state index contributed by atoms with van der Waals surface area (Å²) in [6, 6.07) is 18.2. The van der Waals surface area contributed by atoms with Crippen LogP contribution in [0.5, 0.6) is 0 Å². The topological polar surface area (TPSA) is 84.1 Å². The molecule has 0 aliphatic carbocycles. The maximum absolute atomic E-state index is 13.5. The Kier molecular flexibility index (Phi) is 10.7. The Morgan fingerprint density at radius 3 is 2.61 bits per heavy atom. The largest absolute Gasteiger partial charge is 0.625 e. The first kappa shape index (κ1) is 30.0. The molecule has 204 valence electrons. The van der Waals surface area contributed by atoms with Gasteiger partial charge in [0, 0.05) is 38.4 Å². The molecule has 3 aromatic rings. The molecule has 6 nitrogen and oxygen atoms in total. The number of aliphatic imine (C=N–C) groups is 1. The van der Waals surface area contributed by atoms with Crippen LogP contribution in [0.4, 0.5) is 5.69 Å². The van der Waals surface area contributed by atoms with Gasteiger partial charge in [-0.05, 0) is 62.0 Å². The van der Waals surface area contributed by atoms with E-state index >= 15 is 0 Å². The number of halogens is 1. The minimum absolute atomic E-state index is 0. The molecule has 1 amide bonds. The first-order valence-electron chi connectivity index (χ1n) is 12.5. The van der Waals surface area contributed by atoms with E-state index in [2.05, 4.69) is 17.1 Å². The number of carbonyl (C=O) groups excluding carboxylic acids is 1. The van der Waals surface area contributed by atoms with Gasteiger partial charge < -0.3 is 15.2 Å². The van der Waals surface area contributed by atoms with E-state index < -0.39 is 17.6 Å². The van der Waals surface area contributed by atoms with Gasteiger partial charge >= 0.3 is 5.97 Å². The first-order valence-corrected chi connectivity index (χ1v) is 13.7. The number of likely N-dealkylation sites (tertiary alicyclic amines) is 1. The molecular weight excluding hydrogens is 565 g/mol. The van der Waals surface area contributed by atoms with Crippen LogP contribution in [0.1, 0.15) is 49.1 Å². The molecule has 1 aliphatic heterocycles. The van der Waals surface area contributed by atoms with Crippen molar-refractivity contribution in [2.24, 2.45) is 4.99 Å². The van der Waals surface area contributed by atoms with E-state index in [-0.39, 0.29) is 28.8 Å². The number of benzene rings is 2. The molecule has 1 fully saturated rings. The summed E-state index contributed by atoms with van der Waals surface area (Å²) < 4.78 is 0. The van der Waals surface area contributed by atoms with Crippen LogP contribution < -0.4 is 0 Å². The monoisotopic (exact) mass is 594 g/mol. The Morgan fingerprint density at radius 1 is 1.18 bits per heavy atom. The van der Waals surface area contributed by atoms with Crippen molar-refractivity contribution >= 4 is 46.2 Å². The number of likely N-dealkylation sites (N-methyl/N-ethyl adjacent to an activating group) is 1. The molecule has 1 N–H and O–H groups in total. The summed E-state index contributed by atoms with van der Waals surface area (Å²) in [5.74, 6) is -1.11.